The molecule has 0 saturated heterocycles. The molecule has 0 aromatic heterocycles. The molecule has 15 heavy (non-hydrogen) atoms. The summed E-state index contributed by atoms with van der Waals surface area (Å²) in [6, 6.07) is 9.67. The second-order valence-electron chi connectivity index (χ2n) is 3.29. The van der Waals surface area contributed by atoms with Gasteiger partial charge in [0.1, 0.15) is 0 Å². The maximum absolute atomic E-state index is 11.0. The molecule has 0 aliphatic carbocycles. The molecule has 1 aromatic rings. The molecule has 0 fully saturated rings. The van der Waals surface area contributed by atoms with Crippen LogP contribution in [0.2, 0.25) is 0 Å². The van der Waals surface area contributed by atoms with Gasteiger partial charge in [0, 0.05) is 11.8 Å². The Morgan fingerprint density at radius 3 is 2.40 bits per heavy atom. The first-order valence-electron chi connectivity index (χ1n) is 4.74. The smallest absolute Gasteiger partial charge is 0.175 e. The zero-order valence-electron chi connectivity index (χ0n) is 8.90. The molecule has 0 amide bonds. The van der Waals surface area contributed by atoms with Crippen LogP contribution in [-0.2, 0) is 9.84 Å². The van der Waals surface area contributed by atoms with Gasteiger partial charge in [-0.25, -0.2) is 8.42 Å². The normalized spacial score (nSPS) is 10.5. The average Bonchev–Trinajstić information content (AvgIpc) is 2.19. The zero-order chi connectivity index (χ0) is 11.3. The van der Waals surface area contributed by atoms with E-state index in [1.54, 1.807) is 0 Å². The van der Waals surface area contributed by atoms with Crippen molar-refractivity contribution in [2.24, 2.45) is 0 Å². The number of hydrogen-bond acceptors (Lipinski definition) is 2. The van der Waals surface area contributed by atoms with Gasteiger partial charge in [0.15, 0.2) is 9.84 Å². The summed E-state index contributed by atoms with van der Waals surface area (Å²) in [5, 5.41) is 1.12. The summed E-state index contributed by atoms with van der Waals surface area (Å²) in [7, 11) is -3.09. The highest BCUT2D eigenvalue weighted by Gasteiger charge is 1.97. The van der Waals surface area contributed by atoms with Crippen LogP contribution in [0.25, 0.3) is 5.57 Å². The summed E-state index contributed by atoms with van der Waals surface area (Å²) in [4.78, 5) is 0. The molecule has 0 saturated carbocycles. The van der Waals surface area contributed by atoms with Gasteiger partial charge in [-0.05, 0) is 12.0 Å². The molecular weight excluding hydrogens is 208 g/mol. The van der Waals surface area contributed by atoms with Gasteiger partial charge < -0.3 is 0 Å². The predicted octanol–water partition coefficient (Wildman–Crippen LogP) is 2.64. The Hall–Kier alpha value is -1.31. The van der Waals surface area contributed by atoms with E-state index in [0.717, 1.165) is 29.2 Å². The minimum absolute atomic E-state index is 0.760. The van der Waals surface area contributed by atoms with E-state index >= 15 is 0 Å². The Labute approximate surface area is 90.9 Å². The number of sulfone groups is 1. The van der Waals surface area contributed by atoms with Crippen molar-refractivity contribution < 1.29 is 8.42 Å². The lowest BCUT2D eigenvalue weighted by atomic mass is 10.1. The Morgan fingerprint density at radius 2 is 1.93 bits per heavy atom. The Balaban J connectivity index is 3.17. The molecule has 0 heterocycles. The molecular formula is C12H14O2S. The minimum Gasteiger partial charge on any atom is -0.224 e. The van der Waals surface area contributed by atoms with Crippen LogP contribution in [0.4, 0.5) is 0 Å². The third-order valence-corrected chi connectivity index (χ3v) is 2.47. The molecule has 3 heteroatoms. The van der Waals surface area contributed by atoms with E-state index < -0.39 is 9.84 Å². The minimum atomic E-state index is -3.09. The lowest BCUT2D eigenvalue weighted by molar-refractivity contribution is 0.610. The SMILES string of the molecule is CCC(=C=CS(C)(=O)=O)c1ccccc1. The lowest BCUT2D eigenvalue weighted by Gasteiger charge is -1.99. The van der Waals surface area contributed by atoms with Gasteiger partial charge in [0.25, 0.3) is 0 Å². The highest BCUT2D eigenvalue weighted by Crippen LogP contribution is 2.15. The summed E-state index contributed by atoms with van der Waals surface area (Å²) in [5.41, 5.74) is 4.75. The van der Waals surface area contributed by atoms with Crippen LogP contribution in [0.1, 0.15) is 18.9 Å². The first-order chi connectivity index (χ1) is 7.03. The molecule has 0 unspecified atom stereocenters. The molecule has 0 atom stereocenters. The van der Waals surface area contributed by atoms with Crippen molar-refractivity contribution in [3.8, 4) is 0 Å². The highest BCUT2D eigenvalue weighted by molar-refractivity contribution is 7.93. The fourth-order valence-electron chi connectivity index (χ4n) is 1.21. The Morgan fingerprint density at radius 1 is 1.33 bits per heavy atom. The summed E-state index contributed by atoms with van der Waals surface area (Å²) in [6.07, 6.45) is 1.92. The Kier molecular flexibility index (Phi) is 3.89. The van der Waals surface area contributed by atoms with E-state index in [2.05, 4.69) is 5.73 Å². The Bertz CT molecular complexity index is 478. The van der Waals surface area contributed by atoms with Crippen molar-refractivity contribution >= 4 is 15.4 Å². The molecule has 0 radical (unpaired) electrons. The van der Waals surface area contributed by atoms with Crippen LogP contribution in [0.5, 0.6) is 0 Å². The van der Waals surface area contributed by atoms with Crippen molar-refractivity contribution in [3.63, 3.8) is 0 Å². The van der Waals surface area contributed by atoms with Gasteiger partial charge in [-0.3, -0.25) is 0 Å². The van der Waals surface area contributed by atoms with E-state index in [1.165, 1.54) is 0 Å². The van der Waals surface area contributed by atoms with Crippen molar-refractivity contribution in [2.75, 3.05) is 6.26 Å². The van der Waals surface area contributed by atoms with Gasteiger partial charge in [-0.1, -0.05) is 37.3 Å². The monoisotopic (exact) mass is 222 g/mol. The van der Waals surface area contributed by atoms with Crippen molar-refractivity contribution in [2.45, 2.75) is 13.3 Å². The second kappa shape index (κ2) is 4.96. The topological polar surface area (TPSA) is 34.1 Å². The van der Waals surface area contributed by atoms with Crippen LogP contribution >= 0.6 is 0 Å². The van der Waals surface area contributed by atoms with Gasteiger partial charge >= 0.3 is 0 Å². The van der Waals surface area contributed by atoms with E-state index in [4.69, 9.17) is 0 Å². The predicted molar refractivity (Wildman–Crippen MR) is 63.1 cm³/mol. The molecule has 1 aromatic carbocycles. The molecule has 0 aliphatic heterocycles. The summed E-state index contributed by atoms with van der Waals surface area (Å²) < 4.78 is 21.9. The van der Waals surface area contributed by atoms with Crippen LogP contribution in [0, 0.1) is 0 Å². The first kappa shape index (κ1) is 11.8. The van der Waals surface area contributed by atoms with Crippen LogP contribution in [0.3, 0.4) is 0 Å². The van der Waals surface area contributed by atoms with E-state index in [9.17, 15) is 8.42 Å². The van der Waals surface area contributed by atoms with Gasteiger partial charge in [0.2, 0.25) is 0 Å². The molecule has 1 rings (SSSR count). The summed E-state index contributed by atoms with van der Waals surface area (Å²) >= 11 is 0. The quantitative estimate of drug-likeness (QED) is 0.737. The second-order valence-corrected chi connectivity index (χ2v) is 5.18. The molecule has 0 N–H and O–H groups in total. The molecule has 80 valence electrons. The van der Waals surface area contributed by atoms with Gasteiger partial charge in [-0.2, -0.15) is 0 Å². The van der Waals surface area contributed by atoms with Crippen molar-refractivity contribution in [1.29, 1.82) is 0 Å². The van der Waals surface area contributed by atoms with Crippen molar-refractivity contribution in [3.05, 3.63) is 47.0 Å². The van der Waals surface area contributed by atoms with Crippen LogP contribution in [0.15, 0.2) is 41.5 Å². The fourth-order valence-corrected chi connectivity index (χ4v) is 1.56. The number of hydrogen-bond donors (Lipinski definition) is 0. The first-order valence-corrected chi connectivity index (χ1v) is 6.69. The van der Waals surface area contributed by atoms with Gasteiger partial charge in [0.05, 0.1) is 5.41 Å². The largest absolute Gasteiger partial charge is 0.224 e. The molecule has 0 bridgehead atoms. The summed E-state index contributed by atoms with van der Waals surface area (Å²) in [5.74, 6) is 0. The van der Waals surface area contributed by atoms with E-state index in [-0.39, 0.29) is 0 Å². The highest BCUT2D eigenvalue weighted by atomic mass is 32.2. The average molecular weight is 222 g/mol. The van der Waals surface area contributed by atoms with Gasteiger partial charge in [-0.15, -0.1) is 5.73 Å². The number of rotatable bonds is 3. The fraction of sp³-hybridized carbons (Fsp3) is 0.250. The third kappa shape index (κ3) is 4.15. The maximum atomic E-state index is 11.0. The maximum Gasteiger partial charge on any atom is 0.175 e. The third-order valence-electron chi connectivity index (χ3n) is 1.92. The molecule has 0 aliphatic rings. The number of benzene rings is 1. The lowest BCUT2D eigenvalue weighted by Crippen LogP contribution is -1.87. The molecule has 2 nitrogen and oxygen atoms in total. The summed E-state index contributed by atoms with van der Waals surface area (Å²) in [6.45, 7) is 1.98. The van der Waals surface area contributed by atoms with Crippen LogP contribution < -0.4 is 0 Å². The van der Waals surface area contributed by atoms with Crippen LogP contribution in [-0.4, -0.2) is 14.7 Å². The van der Waals surface area contributed by atoms with E-state index in [1.807, 2.05) is 37.3 Å². The zero-order valence-corrected chi connectivity index (χ0v) is 9.71. The molecule has 0 spiro atoms. The van der Waals surface area contributed by atoms with Crippen molar-refractivity contribution in [1.82, 2.24) is 0 Å². The number of allylic oxidation sites excluding steroid dienone is 1. The standard InChI is InChI=1S/C12H14O2S/c1-3-11(9-10-15(2,13)14)12-7-5-4-6-8-12/h4-8,10H,3H2,1-2H3. The van der Waals surface area contributed by atoms with E-state index in [0.29, 0.717) is 0 Å².